The average molecular weight is 771 g/mol. The van der Waals surface area contributed by atoms with Crippen LogP contribution in [0.25, 0.3) is 0 Å². The Kier molecular flexibility index (Phi) is 17.3. The minimum Gasteiger partial charge on any atom is -0.404 e. The van der Waals surface area contributed by atoms with Gasteiger partial charge >= 0.3 is 7.82 Å². The molecular weight excluding hydrogens is 719 g/mol. The summed E-state index contributed by atoms with van der Waals surface area (Å²) in [7, 11) is -4.77. The molecule has 0 spiro atoms. The molecule has 1 aromatic carbocycles. The molecule has 1 aromatic rings. The van der Waals surface area contributed by atoms with Crippen LogP contribution in [0.2, 0.25) is 0 Å². The Hall–Kier alpha value is -4.62. The van der Waals surface area contributed by atoms with Gasteiger partial charge in [-0.2, -0.15) is 0 Å². The second kappa shape index (κ2) is 20.6. The lowest BCUT2D eigenvalue weighted by Crippen LogP contribution is -2.59. The maximum absolute atomic E-state index is 13.7. The molecule has 0 bridgehead atoms. The predicted molar refractivity (Wildman–Crippen MR) is 188 cm³/mol. The second-order valence-electron chi connectivity index (χ2n) is 13.2. The molecule has 11 N–H and O–H groups in total. The van der Waals surface area contributed by atoms with Gasteiger partial charge < -0.3 is 47.3 Å². The largest absolute Gasteiger partial charge is 0.524 e. The number of rotatable bonds is 20. The minimum atomic E-state index is -4.77. The smallest absolute Gasteiger partial charge is 0.404 e. The first-order valence-electron chi connectivity index (χ1n) is 16.9. The molecule has 7 amide bonds. The van der Waals surface area contributed by atoms with E-state index in [1.54, 1.807) is 9.80 Å². The number of piperazine rings is 1. The normalized spacial score (nSPS) is 16.3. The summed E-state index contributed by atoms with van der Waals surface area (Å²) >= 11 is 0. The molecule has 20 nitrogen and oxygen atoms in total. The molecule has 0 radical (unpaired) electrons. The lowest BCUT2D eigenvalue weighted by molar-refractivity contribution is -0.139. The van der Waals surface area contributed by atoms with E-state index in [0.717, 1.165) is 0 Å². The van der Waals surface area contributed by atoms with E-state index < -0.39 is 73.5 Å². The fourth-order valence-corrected chi connectivity index (χ4v) is 5.90. The zero-order valence-corrected chi connectivity index (χ0v) is 31.0. The number of amides is 7. The molecule has 0 saturated carbocycles. The summed E-state index contributed by atoms with van der Waals surface area (Å²) in [4.78, 5) is 109. The predicted octanol–water partition coefficient (Wildman–Crippen LogP) is -3.02. The Bertz CT molecular complexity index is 1510. The van der Waals surface area contributed by atoms with E-state index >= 15 is 0 Å². The highest BCUT2D eigenvalue weighted by Gasteiger charge is 2.33. The highest BCUT2D eigenvalue weighted by molar-refractivity contribution is 7.46. The molecule has 53 heavy (non-hydrogen) atoms. The molecule has 1 aliphatic heterocycles. The van der Waals surface area contributed by atoms with Gasteiger partial charge in [-0.15, -0.1) is 0 Å². The standard InChI is InChI=1S/C32H51N8O12P/c1-18(2)15-25(37-31(47)24(35-20(4)42)16-21-5-7-22(8-6-21)52-53(49,50)51)32(48)40-13-11-39(12-14-40)17-27(44)36-23(9-10-26(33)43)30(46)38-28(19(3)41)29(34)45/h5-8,18-19,23-25,28,41H,9-17H2,1-4H3,(H2,33,43)(H2,34,45)(H,35,42)(H,36,44)(H,37,47)(H,38,46)(H2,49,50,51)/t19?,23-,24-,25-,28-/m0/s1. The van der Waals surface area contributed by atoms with Crippen molar-refractivity contribution in [3.05, 3.63) is 29.8 Å². The number of aliphatic hydroxyl groups is 1. The average Bonchev–Trinajstić information content (AvgIpc) is 3.04. The Balaban J connectivity index is 2.05. The molecule has 21 heteroatoms. The summed E-state index contributed by atoms with van der Waals surface area (Å²) < 4.78 is 15.7. The number of nitrogens with zero attached hydrogens (tertiary/aromatic N) is 2. The fraction of sp³-hybridized carbons (Fsp3) is 0.594. The zero-order valence-electron chi connectivity index (χ0n) is 30.1. The van der Waals surface area contributed by atoms with Gasteiger partial charge in [0.25, 0.3) is 0 Å². The van der Waals surface area contributed by atoms with Crippen molar-refractivity contribution in [3.63, 3.8) is 0 Å². The van der Waals surface area contributed by atoms with Crippen molar-refractivity contribution in [1.29, 1.82) is 0 Å². The van der Waals surface area contributed by atoms with Crippen LogP contribution in [0.1, 0.15) is 52.5 Å². The lowest BCUT2D eigenvalue weighted by Gasteiger charge is -2.37. The number of phosphoric acid groups is 1. The van der Waals surface area contributed by atoms with Crippen LogP contribution in [0.4, 0.5) is 0 Å². The number of aliphatic hydroxyl groups excluding tert-OH is 1. The third-order valence-corrected chi connectivity index (χ3v) is 8.52. The summed E-state index contributed by atoms with van der Waals surface area (Å²) in [6, 6.07) is 0.869. The molecular formula is C32H51N8O12P. The van der Waals surface area contributed by atoms with Gasteiger partial charge in [0, 0.05) is 45.9 Å². The van der Waals surface area contributed by atoms with E-state index in [1.807, 2.05) is 13.8 Å². The number of hydrogen-bond acceptors (Lipinski definition) is 11. The number of hydrogen-bond donors (Lipinski definition) is 9. The summed E-state index contributed by atoms with van der Waals surface area (Å²) in [6.07, 6.45) is -1.45. The van der Waals surface area contributed by atoms with Crippen LogP contribution in [0, 0.1) is 5.92 Å². The van der Waals surface area contributed by atoms with Crippen molar-refractivity contribution in [3.8, 4) is 5.75 Å². The quantitative estimate of drug-likeness (QED) is 0.0598. The van der Waals surface area contributed by atoms with Crippen LogP contribution < -0.4 is 37.3 Å². The summed E-state index contributed by atoms with van der Waals surface area (Å²) in [5.74, 6) is -4.71. The van der Waals surface area contributed by atoms with Crippen LogP contribution in [0.5, 0.6) is 5.75 Å². The minimum absolute atomic E-state index is 0.00224. The summed E-state index contributed by atoms with van der Waals surface area (Å²) in [5.41, 5.74) is 11.0. The number of nitrogens with one attached hydrogen (secondary N) is 4. The molecule has 296 valence electrons. The van der Waals surface area contributed by atoms with Gasteiger partial charge in [0.15, 0.2) is 0 Å². The van der Waals surface area contributed by atoms with Crippen LogP contribution in [0.15, 0.2) is 24.3 Å². The van der Waals surface area contributed by atoms with Crippen LogP contribution in [-0.4, -0.2) is 129 Å². The Morgan fingerprint density at radius 2 is 1.43 bits per heavy atom. The second-order valence-corrected chi connectivity index (χ2v) is 14.4. The number of benzene rings is 1. The van der Waals surface area contributed by atoms with Crippen molar-refractivity contribution in [2.24, 2.45) is 17.4 Å². The van der Waals surface area contributed by atoms with Crippen LogP contribution in [-0.2, 0) is 44.5 Å². The van der Waals surface area contributed by atoms with Gasteiger partial charge in [0.2, 0.25) is 41.4 Å². The van der Waals surface area contributed by atoms with Gasteiger partial charge in [-0.05, 0) is 43.4 Å². The number of nitrogens with two attached hydrogens (primary N) is 2. The van der Waals surface area contributed by atoms with E-state index in [1.165, 1.54) is 38.1 Å². The first-order valence-corrected chi connectivity index (χ1v) is 18.5. The number of phosphoric ester groups is 1. The zero-order chi connectivity index (χ0) is 40.0. The highest BCUT2D eigenvalue weighted by atomic mass is 31.2. The van der Waals surface area contributed by atoms with Crippen LogP contribution in [0.3, 0.4) is 0 Å². The fourth-order valence-electron chi connectivity index (χ4n) is 5.51. The third-order valence-electron chi connectivity index (χ3n) is 8.07. The van der Waals surface area contributed by atoms with Gasteiger partial charge in [0.1, 0.15) is 29.9 Å². The molecule has 0 aromatic heterocycles. The molecule has 5 atom stereocenters. The van der Waals surface area contributed by atoms with Crippen molar-refractivity contribution in [1.82, 2.24) is 31.1 Å². The lowest BCUT2D eigenvalue weighted by atomic mass is 10.00. The Labute approximate surface area is 306 Å². The first-order chi connectivity index (χ1) is 24.6. The molecule has 1 heterocycles. The first kappa shape index (κ1) is 44.5. The maximum atomic E-state index is 13.7. The van der Waals surface area contributed by atoms with E-state index in [0.29, 0.717) is 5.56 Å². The Morgan fingerprint density at radius 1 is 0.849 bits per heavy atom. The van der Waals surface area contributed by atoms with Gasteiger partial charge in [0.05, 0.1) is 12.6 Å². The topological polar surface area (TPSA) is 313 Å². The Morgan fingerprint density at radius 3 is 1.92 bits per heavy atom. The molecule has 2 rings (SSSR count). The molecule has 1 unspecified atom stereocenters. The van der Waals surface area contributed by atoms with Gasteiger partial charge in [-0.25, -0.2) is 4.57 Å². The van der Waals surface area contributed by atoms with E-state index in [9.17, 15) is 43.2 Å². The maximum Gasteiger partial charge on any atom is 0.524 e. The highest BCUT2D eigenvalue weighted by Crippen LogP contribution is 2.37. The van der Waals surface area contributed by atoms with E-state index in [-0.39, 0.29) is 76.0 Å². The van der Waals surface area contributed by atoms with Crippen molar-refractivity contribution in [2.75, 3.05) is 32.7 Å². The van der Waals surface area contributed by atoms with Crippen molar-refractivity contribution < 1.29 is 57.5 Å². The third kappa shape index (κ3) is 16.3. The number of carbonyl (C=O) groups is 7. The molecule has 1 saturated heterocycles. The van der Waals surface area contributed by atoms with E-state index in [2.05, 4.69) is 25.8 Å². The van der Waals surface area contributed by atoms with Gasteiger partial charge in [-0.3, -0.25) is 48.2 Å². The summed E-state index contributed by atoms with van der Waals surface area (Å²) in [5, 5.41) is 19.9. The monoisotopic (exact) mass is 770 g/mol. The molecule has 0 aliphatic carbocycles. The SMILES string of the molecule is CC(=O)N[C@@H](Cc1ccc(OP(=O)(O)O)cc1)C(=O)N[C@@H](CC(C)C)C(=O)N1CCN(CC(=O)N[C@@H](CCC(N)=O)C(=O)N[C@H](C(N)=O)C(C)O)CC1. The molecule has 1 aliphatic rings. The van der Waals surface area contributed by atoms with Crippen molar-refractivity contribution >= 4 is 49.2 Å². The van der Waals surface area contributed by atoms with Gasteiger partial charge in [-0.1, -0.05) is 26.0 Å². The van der Waals surface area contributed by atoms with Crippen molar-refractivity contribution in [2.45, 2.75) is 83.6 Å². The molecule has 1 fully saturated rings. The summed E-state index contributed by atoms with van der Waals surface area (Å²) in [6.45, 7) is 7.01. The number of carbonyl (C=O) groups excluding carboxylic acids is 7. The van der Waals surface area contributed by atoms with Crippen LogP contribution >= 0.6 is 7.82 Å². The number of primary amides is 2. The van der Waals surface area contributed by atoms with E-state index in [4.69, 9.17) is 21.3 Å².